The number of benzene rings is 2. The maximum Gasteiger partial charge on any atom is 0.320 e. The van der Waals surface area contributed by atoms with Crippen molar-refractivity contribution in [1.82, 2.24) is 25.0 Å². The van der Waals surface area contributed by atoms with Gasteiger partial charge in [0, 0.05) is 53.1 Å². The van der Waals surface area contributed by atoms with Crippen molar-refractivity contribution < 1.29 is 19.4 Å². The molecule has 296 valence electrons. The number of allylic oxidation sites excluding steroid dienone is 1. The van der Waals surface area contributed by atoms with Gasteiger partial charge in [0.2, 0.25) is 5.96 Å². The van der Waals surface area contributed by atoms with E-state index in [2.05, 4.69) is 34.7 Å². The van der Waals surface area contributed by atoms with Crippen LogP contribution in [0.1, 0.15) is 95.6 Å². The summed E-state index contributed by atoms with van der Waals surface area (Å²) in [6.45, 7) is 11.1. The predicted octanol–water partition coefficient (Wildman–Crippen LogP) is 6.72. The first-order valence-corrected chi connectivity index (χ1v) is 19.2. The average Bonchev–Trinajstić information content (AvgIpc) is 3.12. The van der Waals surface area contributed by atoms with Crippen molar-refractivity contribution in [2.24, 2.45) is 5.41 Å². The molecule has 1 saturated heterocycles. The van der Waals surface area contributed by atoms with Gasteiger partial charge in [-0.2, -0.15) is 0 Å². The zero-order valence-corrected chi connectivity index (χ0v) is 33.3. The van der Waals surface area contributed by atoms with E-state index in [0.29, 0.717) is 60.3 Å². The molecule has 2 amide bonds. The molecule has 3 aromatic rings. The van der Waals surface area contributed by atoms with E-state index in [1.807, 2.05) is 64.0 Å². The molecule has 2 aromatic carbocycles. The minimum Gasteiger partial charge on any atom is -0.492 e. The summed E-state index contributed by atoms with van der Waals surface area (Å²) in [5, 5.41) is 45.6. The highest BCUT2D eigenvalue weighted by molar-refractivity contribution is 5.97. The SMILES string of the molecule is CC1CCCC(C)N1C(=N)n1cc(OC2CCC(NC(=O)N/C(=C/C(=N)C(C)(C)C)Nc3ccc(CO)c(OCCN(C)C)c3)c3ccccc32)ccc1=N. The number of anilines is 1. The van der Waals surface area contributed by atoms with Gasteiger partial charge in [0.25, 0.3) is 0 Å². The Morgan fingerprint density at radius 1 is 1.00 bits per heavy atom. The zero-order valence-electron chi connectivity index (χ0n) is 33.3. The summed E-state index contributed by atoms with van der Waals surface area (Å²) in [4.78, 5) is 17.8. The van der Waals surface area contributed by atoms with Gasteiger partial charge in [-0.25, -0.2) is 4.79 Å². The van der Waals surface area contributed by atoms with E-state index in [9.17, 15) is 9.90 Å². The van der Waals surface area contributed by atoms with Crippen molar-refractivity contribution in [3.8, 4) is 11.5 Å². The Morgan fingerprint density at radius 2 is 1.71 bits per heavy atom. The second-order valence-electron chi connectivity index (χ2n) is 15.9. The van der Waals surface area contributed by atoms with Crippen LogP contribution in [0.25, 0.3) is 0 Å². The number of fused-ring (bicyclic) bond motifs is 1. The monoisotopic (exact) mass is 753 g/mol. The summed E-state index contributed by atoms with van der Waals surface area (Å²) in [5.41, 5.74) is 3.26. The summed E-state index contributed by atoms with van der Waals surface area (Å²) >= 11 is 0. The quantitative estimate of drug-likeness (QED) is 0.0794. The van der Waals surface area contributed by atoms with Crippen LogP contribution in [0.5, 0.6) is 11.5 Å². The van der Waals surface area contributed by atoms with Gasteiger partial charge in [-0.1, -0.05) is 51.1 Å². The van der Waals surface area contributed by atoms with Gasteiger partial charge in [-0.05, 0) is 89.4 Å². The highest BCUT2D eigenvalue weighted by Gasteiger charge is 2.31. The molecule has 7 N–H and O–H groups in total. The Kier molecular flexibility index (Phi) is 13.4. The van der Waals surface area contributed by atoms with E-state index in [0.717, 1.165) is 30.4 Å². The third-order valence-electron chi connectivity index (χ3n) is 10.3. The van der Waals surface area contributed by atoms with Gasteiger partial charge < -0.3 is 40.4 Å². The second kappa shape index (κ2) is 18.0. The number of nitrogens with zero attached hydrogens (tertiary/aromatic N) is 3. The number of carbonyl (C=O) groups is 1. The van der Waals surface area contributed by atoms with Gasteiger partial charge >= 0.3 is 6.03 Å². The number of hydrogen-bond acceptors (Lipinski definition) is 9. The average molecular weight is 754 g/mol. The van der Waals surface area contributed by atoms with Crippen molar-refractivity contribution in [3.63, 3.8) is 0 Å². The number of amides is 2. The third-order valence-corrected chi connectivity index (χ3v) is 10.3. The van der Waals surface area contributed by atoms with E-state index in [-0.39, 0.29) is 42.3 Å². The lowest BCUT2D eigenvalue weighted by molar-refractivity contribution is 0.169. The molecule has 5 rings (SSSR count). The smallest absolute Gasteiger partial charge is 0.320 e. The Bertz CT molecular complexity index is 1920. The lowest BCUT2D eigenvalue weighted by atomic mass is 9.85. The summed E-state index contributed by atoms with van der Waals surface area (Å²) in [5.74, 6) is 1.71. The molecule has 2 aliphatic rings. The van der Waals surface area contributed by atoms with E-state index in [4.69, 9.17) is 25.7 Å². The van der Waals surface area contributed by atoms with E-state index >= 15 is 0 Å². The van der Waals surface area contributed by atoms with Crippen molar-refractivity contribution in [1.29, 1.82) is 16.2 Å². The van der Waals surface area contributed by atoms with Gasteiger partial charge in [0.1, 0.15) is 35.5 Å². The van der Waals surface area contributed by atoms with E-state index in [1.165, 1.54) is 0 Å². The van der Waals surface area contributed by atoms with Gasteiger partial charge in [0.15, 0.2) is 0 Å². The summed E-state index contributed by atoms with van der Waals surface area (Å²) in [6.07, 6.45) is 7.49. The molecule has 4 atom stereocenters. The maximum absolute atomic E-state index is 13.7. The minimum atomic E-state index is -0.464. The summed E-state index contributed by atoms with van der Waals surface area (Å²) < 4.78 is 14.1. The standard InChI is InChI=1S/C42H59N9O4/c1-27-11-10-12-28(2)51(27)40(45)50-25-31(17-20-38(50)44)55-35-19-18-34(32-13-8-9-14-33(32)35)47-41(53)48-39(24-37(43)42(3,4)5)46-30-16-15-29(26-52)36(23-30)54-22-21-49(6)7/h8-9,13-17,20,23-25,27-28,34-35,43-46,52H,10-12,18-19,21-22,26H2,1-7H3,(H2,47,48,53)/b39-24+,43-37?,44-38?,45-40?. The molecule has 0 bridgehead atoms. The van der Waals surface area contributed by atoms with Crippen LogP contribution < -0.4 is 30.9 Å². The van der Waals surface area contributed by atoms with Crippen molar-refractivity contribution >= 4 is 23.4 Å². The number of carbonyl (C=O) groups excluding carboxylic acids is 1. The maximum atomic E-state index is 13.7. The van der Waals surface area contributed by atoms with Gasteiger partial charge in [-0.15, -0.1) is 0 Å². The Morgan fingerprint density at radius 3 is 2.38 bits per heavy atom. The van der Waals surface area contributed by atoms with Gasteiger partial charge in [-0.3, -0.25) is 20.7 Å². The first-order chi connectivity index (χ1) is 26.1. The fraction of sp³-hybridized carbons (Fsp3) is 0.476. The normalized spacial score (nSPS) is 20.0. The van der Waals surface area contributed by atoms with E-state index in [1.54, 1.807) is 47.2 Å². The number of hydrogen-bond donors (Lipinski definition) is 7. The summed E-state index contributed by atoms with van der Waals surface area (Å²) in [7, 11) is 3.92. The Balaban J connectivity index is 1.31. The molecule has 1 aliphatic carbocycles. The highest BCUT2D eigenvalue weighted by Crippen LogP contribution is 2.39. The first-order valence-electron chi connectivity index (χ1n) is 19.2. The van der Waals surface area contributed by atoms with Crippen LogP contribution in [0.3, 0.4) is 0 Å². The topological polar surface area (TPSA) is 175 Å². The molecule has 1 fully saturated rings. The fourth-order valence-electron chi connectivity index (χ4n) is 7.05. The lowest BCUT2D eigenvalue weighted by Gasteiger charge is -2.41. The number of urea groups is 1. The number of rotatable bonds is 12. The summed E-state index contributed by atoms with van der Waals surface area (Å²) in [6, 6.07) is 16.4. The molecule has 13 heteroatoms. The molecule has 55 heavy (non-hydrogen) atoms. The lowest BCUT2D eigenvalue weighted by Crippen LogP contribution is -2.51. The Hall–Kier alpha value is -5.14. The van der Waals surface area contributed by atoms with Crippen LogP contribution in [-0.4, -0.2) is 76.5 Å². The van der Waals surface area contributed by atoms with Crippen LogP contribution in [0.15, 0.2) is 72.7 Å². The van der Waals surface area contributed by atoms with Crippen molar-refractivity contribution in [3.05, 3.63) is 94.9 Å². The number of likely N-dealkylation sites (tertiary alicyclic amines) is 1. The van der Waals surface area contributed by atoms with Crippen LogP contribution >= 0.6 is 0 Å². The molecule has 13 nitrogen and oxygen atoms in total. The van der Waals surface area contributed by atoms with Crippen LogP contribution in [0.2, 0.25) is 0 Å². The number of aromatic nitrogens is 1. The number of piperidine rings is 1. The van der Waals surface area contributed by atoms with Crippen LogP contribution in [-0.2, 0) is 6.61 Å². The third kappa shape index (κ3) is 10.5. The number of likely N-dealkylation sites (N-methyl/N-ethyl adjacent to an activating group) is 1. The Labute approximate surface area is 325 Å². The molecule has 0 spiro atoms. The number of aliphatic hydroxyl groups is 1. The molecule has 4 unspecified atom stereocenters. The number of pyridine rings is 1. The number of nitrogens with one attached hydrogen (secondary N) is 6. The first kappa shape index (κ1) is 41.0. The number of ether oxygens (including phenoxy) is 2. The van der Waals surface area contributed by atoms with Crippen molar-refractivity contribution in [2.75, 3.05) is 32.6 Å². The molecule has 0 saturated carbocycles. The minimum absolute atomic E-state index is 0.177. The molecule has 1 aromatic heterocycles. The highest BCUT2D eigenvalue weighted by atomic mass is 16.5. The second-order valence-corrected chi connectivity index (χ2v) is 15.9. The van der Waals surface area contributed by atoms with Crippen LogP contribution in [0.4, 0.5) is 10.5 Å². The molecule has 2 heterocycles. The fourth-order valence-corrected chi connectivity index (χ4v) is 7.05. The number of aliphatic hydroxyl groups excluding tert-OH is 1. The molecule has 1 aliphatic heterocycles. The van der Waals surface area contributed by atoms with Crippen LogP contribution in [0, 0.1) is 21.6 Å². The molecular weight excluding hydrogens is 695 g/mol. The van der Waals surface area contributed by atoms with E-state index < -0.39 is 11.4 Å². The van der Waals surface area contributed by atoms with Crippen molar-refractivity contribution in [2.45, 2.75) is 97.6 Å². The molecule has 0 radical (unpaired) electrons. The molecular formula is C42H59N9O4. The zero-order chi connectivity index (χ0) is 39.9. The predicted molar refractivity (Wildman–Crippen MR) is 217 cm³/mol. The van der Waals surface area contributed by atoms with Gasteiger partial charge in [0.05, 0.1) is 18.8 Å². The largest absolute Gasteiger partial charge is 0.492 e.